The Balaban J connectivity index is 3.05. The maximum absolute atomic E-state index is 12.9. The van der Waals surface area contributed by atoms with Crippen molar-refractivity contribution in [1.29, 1.82) is 0 Å². The number of carbonyl (C=O) groups is 2. The topological polar surface area (TPSA) is 101 Å². The molecule has 8 heteroatoms. The molecule has 22 heavy (non-hydrogen) atoms. The van der Waals surface area contributed by atoms with Crippen LogP contribution in [0.15, 0.2) is 24.3 Å². The predicted molar refractivity (Wildman–Crippen MR) is 78.5 cm³/mol. The van der Waals surface area contributed by atoms with E-state index in [4.69, 9.17) is 0 Å². The molecule has 0 heterocycles. The number of nitrogens with one attached hydrogen (secondary N) is 1. The highest BCUT2D eigenvalue weighted by Crippen LogP contribution is 2.21. The smallest absolute Gasteiger partial charge is 0.333 e. The van der Waals surface area contributed by atoms with Gasteiger partial charge in [-0.1, -0.05) is 12.1 Å². The summed E-state index contributed by atoms with van der Waals surface area (Å²) in [5, 5.41) is 10.8. The average Bonchev–Trinajstić information content (AvgIpc) is 2.37. The van der Waals surface area contributed by atoms with Crippen LogP contribution in [0.1, 0.15) is 26.3 Å². The fraction of sp³-hybridized carbons (Fsp3) is 0.429. The summed E-state index contributed by atoms with van der Waals surface area (Å²) in [6.45, 7) is 4.07. The van der Waals surface area contributed by atoms with Crippen LogP contribution in [0.2, 0.25) is 0 Å². The number of halogens is 1. The molecule has 0 aliphatic carbocycles. The van der Waals surface area contributed by atoms with Crippen molar-refractivity contribution in [2.24, 2.45) is 0 Å². The van der Waals surface area contributed by atoms with Crippen molar-refractivity contribution < 1.29 is 27.5 Å². The Morgan fingerprint density at radius 1 is 1.27 bits per heavy atom. The van der Waals surface area contributed by atoms with Gasteiger partial charge in [-0.2, -0.15) is 0 Å². The Morgan fingerprint density at radius 2 is 1.77 bits per heavy atom. The first-order valence-corrected chi connectivity index (χ1v) is 8.22. The van der Waals surface area contributed by atoms with E-state index in [1.807, 2.05) is 0 Å². The highest BCUT2D eigenvalue weighted by Gasteiger charge is 2.38. The minimum Gasteiger partial charge on any atom is -0.479 e. The molecule has 0 saturated carbocycles. The predicted octanol–water partition coefficient (Wildman–Crippen LogP) is 1.06. The molecule has 0 radical (unpaired) electrons. The fourth-order valence-corrected chi connectivity index (χ4v) is 2.47. The standard InChI is InChI=1S/C14H18FNO5S/c1-9(2)22(20,21)8-12(17)16-14(3,13(18)19)10-4-6-11(15)7-5-10/h4-7,9H,8H2,1-3H3,(H,16,17)(H,18,19). The largest absolute Gasteiger partial charge is 0.479 e. The number of amides is 1. The lowest BCUT2D eigenvalue weighted by atomic mass is 9.92. The number of rotatable bonds is 6. The van der Waals surface area contributed by atoms with Gasteiger partial charge < -0.3 is 10.4 Å². The van der Waals surface area contributed by atoms with E-state index in [-0.39, 0.29) is 5.56 Å². The van der Waals surface area contributed by atoms with Crippen LogP contribution in [-0.4, -0.2) is 36.4 Å². The van der Waals surface area contributed by atoms with E-state index in [0.717, 1.165) is 12.1 Å². The van der Waals surface area contributed by atoms with Gasteiger partial charge in [-0.05, 0) is 38.5 Å². The molecule has 0 aliphatic rings. The van der Waals surface area contributed by atoms with Gasteiger partial charge >= 0.3 is 5.97 Å². The van der Waals surface area contributed by atoms with Crippen LogP contribution in [0.25, 0.3) is 0 Å². The lowest BCUT2D eigenvalue weighted by molar-refractivity contribution is -0.147. The van der Waals surface area contributed by atoms with Crippen molar-refractivity contribution in [2.75, 3.05) is 5.75 Å². The second-order valence-electron chi connectivity index (χ2n) is 5.34. The molecule has 1 rings (SSSR count). The van der Waals surface area contributed by atoms with E-state index in [9.17, 15) is 27.5 Å². The van der Waals surface area contributed by atoms with Gasteiger partial charge in [-0.15, -0.1) is 0 Å². The Kier molecular flexibility index (Phi) is 5.29. The number of hydrogen-bond acceptors (Lipinski definition) is 4. The highest BCUT2D eigenvalue weighted by molar-refractivity contribution is 7.92. The second kappa shape index (κ2) is 6.43. The second-order valence-corrected chi connectivity index (χ2v) is 7.90. The Morgan fingerprint density at radius 3 is 2.18 bits per heavy atom. The van der Waals surface area contributed by atoms with Crippen molar-refractivity contribution in [3.63, 3.8) is 0 Å². The molecular weight excluding hydrogens is 313 g/mol. The first-order chi connectivity index (χ1) is 9.99. The first kappa shape index (κ1) is 18.1. The minimum absolute atomic E-state index is 0.136. The first-order valence-electron chi connectivity index (χ1n) is 6.51. The Hall–Kier alpha value is -1.96. The molecule has 1 aromatic rings. The fourth-order valence-electron chi connectivity index (χ4n) is 1.70. The van der Waals surface area contributed by atoms with E-state index in [1.54, 1.807) is 0 Å². The molecule has 0 aliphatic heterocycles. The summed E-state index contributed by atoms with van der Waals surface area (Å²) in [5.41, 5.74) is -1.71. The van der Waals surface area contributed by atoms with Gasteiger partial charge in [0.05, 0.1) is 5.25 Å². The van der Waals surface area contributed by atoms with Crippen LogP contribution in [0, 0.1) is 5.82 Å². The van der Waals surface area contributed by atoms with E-state index in [2.05, 4.69) is 5.32 Å². The molecule has 1 unspecified atom stereocenters. The summed E-state index contributed by atoms with van der Waals surface area (Å²) in [6.07, 6.45) is 0. The quantitative estimate of drug-likeness (QED) is 0.812. The van der Waals surface area contributed by atoms with Crippen molar-refractivity contribution in [2.45, 2.75) is 31.6 Å². The van der Waals surface area contributed by atoms with Gasteiger partial charge in [0.2, 0.25) is 5.91 Å². The van der Waals surface area contributed by atoms with Crippen molar-refractivity contribution in [3.8, 4) is 0 Å². The summed E-state index contributed by atoms with van der Waals surface area (Å²) >= 11 is 0. The molecule has 1 atom stereocenters. The number of carbonyl (C=O) groups excluding carboxylic acids is 1. The maximum Gasteiger partial charge on any atom is 0.333 e. The van der Waals surface area contributed by atoms with Crippen molar-refractivity contribution in [1.82, 2.24) is 5.32 Å². The summed E-state index contributed by atoms with van der Waals surface area (Å²) in [4.78, 5) is 23.4. The summed E-state index contributed by atoms with van der Waals surface area (Å²) in [7, 11) is -3.65. The van der Waals surface area contributed by atoms with E-state index in [1.165, 1.54) is 32.9 Å². The Bertz CT molecular complexity index is 669. The lowest BCUT2D eigenvalue weighted by Gasteiger charge is -2.27. The van der Waals surface area contributed by atoms with Crippen LogP contribution < -0.4 is 5.32 Å². The molecule has 0 fully saturated rings. The van der Waals surface area contributed by atoms with Crippen molar-refractivity contribution >= 4 is 21.7 Å². The molecule has 0 spiro atoms. The number of carboxylic acids is 1. The average molecular weight is 331 g/mol. The Labute approximate surface area is 128 Å². The van der Waals surface area contributed by atoms with Crippen LogP contribution in [0.4, 0.5) is 4.39 Å². The molecule has 1 amide bonds. The van der Waals surface area contributed by atoms with Gasteiger partial charge in [0.15, 0.2) is 15.4 Å². The van der Waals surface area contributed by atoms with Gasteiger partial charge in [0.1, 0.15) is 11.6 Å². The SMILES string of the molecule is CC(C)S(=O)(=O)CC(=O)NC(C)(C(=O)O)c1ccc(F)cc1. The third-order valence-corrected chi connectivity index (χ3v) is 5.39. The van der Waals surface area contributed by atoms with E-state index < -0.39 is 44.1 Å². The summed E-state index contributed by atoms with van der Waals surface area (Å²) < 4.78 is 36.4. The molecule has 0 saturated heterocycles. The molecular formula is C14H18FNO5S. The van der Waals surface area contributed by atoms with Crippen LogP contribution >= 0.6 is 0 Å². The molecule has 122 valence electrons. The van der Waals surface area contributed by atoms with Gasteiger partial charge in [0.25, 0.3) is 0 Å². The zero-order valence-electron chi connectivity index (χ0n) is 12.5. The minimum atomic E-state index is -3.65. The van der Waals surface area contributed by atoms with Gasteiger partial charge in [-0.25, -0.2) is 17.6 Å². The lowest BCUT2D eigenvalue weighted by Crippen LogP contribution is -2.51. The molecule has 1 aromatic carbocycles. The molecule has 0 bridgehead atoms. The van der Waals surface area contributed by atoms with Gasteiger partial charge in [-0.3, -0.25) is 4.79 Å². The summed E-state index contributed by atoms with van der Waals surface area (Å²) in [5.74, 6) is -3.67. The van der Waals surface area contributed by atoms with Crippen LogP contribution in [0.5, 0.6) is 0 Å². The van der Waals surface area contributed by atoms with Crippen LogP contribution in [-0.2, 0) is 25.0 Å². The molecule has 6 nitrogen and oxygen atoms in total. The van der Waals surface area contributed by atoms with Crippen molar-refractivity contribution in [3.05, 3.63) is 35.6 Å². The monoisotopic (exact) mass is 331 g/mol. The number of aliphatic carboxylic acids is 1. The number of hydrogen-bond donors (Lipinski definition) is 2. The molecule has 0 aromatic heterocycles. The number of carboxylic acid groups (broad SMARTS) is 1. The van der Waals surface area contributed by atoms with Crippen LogP contribution in [0.3, 0.4) is 0 Å². The number of benzene rings is 1. The van der Waals surface area contributed by atoms with E-state index >= 15 is 0 Å². The van der Waals surface area contributed by atoms with E-state index in [0.29, 0.717) is 0 Å². The normalized spacial score (nSPS) is 14.4. The number of sulfone groups is 1. The maximum atomic E-state index is 12.9. The highest BCUT2D eigenvalue weighted by atomic mass is 32.2. The molecule has 2 N–H and O–H groups in total. The third-order valence-electron chi connectivity index (χ3n) is 3.29. The summed E-state index contributed by atoms with van der Waals surface area (Å²) in [6, 6.07) is 4.57. The zero-order valence-corrected chi connectivity index (χ0v) is 13.3. The third kappa shape index (κ3) is 4.03. The zero-order chi connectivity index (χ0) is 17.1. The van der Waals surface area contributed by atoms with Gasteiger partial charge in [0, 0.05) is 0 Å².